The summed E-state index contributed by atoms with van der Waals surface area (Å²) in [5.41, 5.74) is 0. The van der Waals surface area contributed by atoms with Gasteiger partial charge in [-0.15, -0.1) is 0 Å². The first-order valence-electron chi connectivity index (χ1n) is 6.27. The molecular formula is C11H23O7P. The molecule has 1 saturated heterocycles. The fourth-order valence-corrected chi connectivity index (χ4v) is 3.03. The van der Waals surface area contributed by atoms with E-state index in [1.165, 1.54) is 0 Å². The Balaban J connectivity index is 2.70. The van der Waals surface area contributed by atoms with Crippen LogP contribution in [0.1, 0.15) is 19.8 Å². The normalized spacial score (nSPS) is 34.4. The van der Waals surface area contributed by atoms with Crippen molar-refractivity contribution in [3.8, 4) is 0 Å². The van der Waals surface area contributed by atoms with Crippen molar-refractivity contribution in [3.05, 3.63) is 0 Å². The van der Waals surface area contributed by atoms with Crippen molar-refractivity contribution in [2.24, 2.45) is 5.92 Å². The van der Waals surface area contributed by atoms with Crippen LogP contribution in [-0.2, 0) is 23.1 Å². The SMILES string of the molecule is COCCCC1C(C)OC(CO)C1OP(=O)(O)OC. The number of hydrogen-bond donors (Lipinski definition) is 2. The Labute approximate surface area is 113 Å². The minimum Gasteiger partial charge on any atom is -0.394 e. The van der Waals surface area contributed by atoms with Crippen LogP contribution in [0.15, 0.2) is 0 Å². The Morgan fingerprint density at radius 3 is 2.58 bits per heavy atom. The smallest absolute Gasteiger partial charge is 0.394 e. The summed E-state index contributed by atoms with van der Waals surface area (Å²) in [6.45, 7) is 2.19. The molecule has 0 saturated carbocycles. The van der Waals surface area contributed by atoms with E-state index >= 15 is 0 Å². The molecule has 0 aliphatic carbocycles. The van der Waals surface area contributed by atoms with Gasteiger partial charge in [0.2, 0.25) is 0 Å². The van der Waals surface area contributed by atoms with Crippen molar-refractivity contribution < 1.29 is 33.1 Å². The van der Waals surface area contributed by atoms with Crippen LogP contribution >= 0.6 is 7.82 Å². The lowest BCUT2D eigenvalue weighted by Gasteiger charge is -2.24. The molecule has 0 radical (unpaired) electrons. The van der Waals surface area contributed by atoms with E-state index in [9.17, 15) is 14.6 Å². The molecule has 8 heteroatoms. The summed E-state index contributed by atoms with van der Waals surface area (Å²) in [6, 6.07) is 0. The van der Waals surface area contributed by atoms with E-state index < -0.39 is 20.0 Å². The monoisotopic (exact) mass is 298 g/mol. The third kappa shape index (κ3) is 4.79. The molecule has 1 rings (SSSR count). The Bertz CT molecular complexity index is 311. The zero-order valence-corrected chi connectivity index (χ0v) is 12.4. The number of aliphatic hydroxyl groups is 1. The molecule has 2 N–H and O–H groups in total. The van der Waals surface area contributed by atoms with Gasteiger partial charge in [-0.05, 0) is 19.8 Å². The summed E-state index contributed by atoms with van der Waals surface area (Å²) >= 11 is 0. The maximum atomic E-state index is 11.5. The second-order valence-corrected chi connectivity index (χ2v) is 6.10. The van der Waals surface area contributed by atoms with Crippen molar-refractivity contribution in [3.63, 3.8) is 0 Å². The van der Waals surface area contributed by atoms with Crippen LogP contribution in [0.25, 0.3) is 0 Å². The molecule has 1 aliphatic heterocycles. The average Bonchev–Trinajstić information content (AvgIpc) is 2.66. The van der Waals surface area contributed by atoms with Gasteiger partial charge in [0.25, 0.3) is 0 Å². The molecular weight excluding hydrogens is 275 g/mol. The van der Waals surface area contributed by atoms with E-state index in [4.69, 9.17) is 14.0 Å². The highest BCUT2D eigenvalue weighted by Crippen LogP contribution is 2.48. The molecule has 0 bridgehead atoms. The maximum Gasteiger partial charge on any atom is 0.472 e. The van der Waals surface area contributed by atoms with Crippen LogP contribution in [0.3, 0.4) is 0 Å². The van der Waals surface area contributed by atoms with Crippen LogP contribution < -0.4 is 0 Å². The molecule has 7 nitrogen and oxygen atoms in total. The van der Waals surface area contributed by atoms with Crippen molar-refractivity contribution in [2.75, 3.05) is 27.4 Å². The van der Waals surface area contributed by atoms with Crippen molar-refractivity contribution in [2.45, 2.75) is 38.1 Å². The summed E-state index contributed by atoms with van der Waals surface area (Å²) in [5.74, 6) is -0.0806. The Morgan fingerprint density at radius 1 is 1.37 bits per heavy atom. The third-order valence-corrected chi connectivity index (χ3v) is 4.30. The van der Waals surface area contributed by atoms with E-state index in [1.54, 1.807) is 7.11 Å². The van der Waals surface area contributed by atoms with Crippen LogP contribution in [0, 0.1) is 5.92 Å². The highest BCUT2D eigenvalue weighted by molar-refractivity contribution is 7.47. The highest BCUT2D eigenvalue weighted by atomic mass is 31.2. The molecule has 19 heavy (non-hydrogen) atoms. The Hall–Kier alpha value is -0.0100. The van der Waals surface area contributed by atoms with E-state index in [0.717, 1.165) is 20.0 Å². The molecule has 0 aromatic carbocycles. The Kier molecular flexibility index (Phi) is 6.90. The van der Waals surface area contributed by atoms with Crippen LogP contribution in [0.5, 0.6) is 0 Å². The first kappa shape index (κ1) is 17.0. The molecule has 0 amide bonds. The standard InChI is InChI=1S/C11H23O7P/c1-8-9(5-4-6-15-2)11(10(7-12)17-8)18-19(13,14)16-3/h8-12H,4-7H2,1-3H3,(H,13,14). The molecule has 1 fully saturated rings. The molecule has 0 aromatic rings. The third-order valence-electron chi connectivity index (χ3n) is 3.33. The van der Waals surface area contributed by atoms with Gasteiger partial charge < -0.3 is 19.5 Å². The predicted molar refractivity (Wildman–Crippen MR) is 67.7 cm³/mol. The summed E-state index contributed by atoms with van der Waals surface area (Å²) in [4.78, 5) is 9.42. The van der Waals surface area contributed by atoms with Crippen LogP contribution in [-0.4, -0.2) is 55.7 Å². The lowest BCUT2D eigenvalue weighted by atomic mass is 9.92. The van der Waals surface area contributed by atoms with E-state index in [1.807, 2.05) is 6.92 Å². The van der Waals surface area contributed by atoms with Crippen molar-refractivity contribution >= 4 is 7.82 Å². The molecule has 5 unspecified atom stereocenters. The zero-order chi connectivity index (χ0) is 14.5. The van der Waals surface area contributed by atoms with Gasteiger partial charge >= 0.3 is 7.82 Å². The van der Waals surface area contributed by atoms with Gasteiger partial charge in [-0.2, -0.15) is 0 Å². The molecule has 1 aliphatic rings. The predicted octanol–water partition coefficient (Wildman–Crippen LogP) is 0.941. The fraction of sp³-hybridized carbons (Fsp3) is 1.00. The summed E-state index contributed by atoms with van der Waals surface area (Å²) in [7, 11) is -1.38. The minimum atomic E-state index is -4.10. The molecule has 1 heterocycles. The van der Waals surface area contributed by atoms with E-state index in [-0.39, 0.29) is 18.6 Å². The Morgan fingerprint density at radius 2 is 2.05 bits per heavy atom. The van der Waals surface area contributed by atoms with Gasteiger partial charge in [0.1, 0.15) is 12.2 Å². The van der Waals surface area contributed by atoms with Gasteiger partial charge in [0, 0.05) is 26.7 Å². The second kappa shape index (κ2) is 7.69. The maximum absolute atomic E-state index is 11.5. The largest absolute Gasteiger partial charge is 0.472 e. The van der Waals surface area contributed by atoms with E-state index in [2.05, 4.69) is 4.52 Å². The van der Waals surface area contributed by atoms with E-state index in [0.29, 0.717) is 6.61 Å². The van der Waals surface area contributed by atoms with Gasteiger partial charge in [-0.1, -0.05) is 0 Å². The van der Waals surface area contributed by atoms with Crippen molar-refractivity contribution in [1.82, 2.24) is 0 Å². The van der Waals surface area contributed by atoms with Gasteiger partial charge in [0.15, 0.2) is 0 Å². The number of aliphatic hydroxyl groups excluding tert-OH is 1. The number of ether oxygens (including phenoxy) is 2. The van der Waals surface area contributed by atoms with Gasteiger partial charge in [-0.3, -0.25) is 9.05 Å². The first-order valence-corrected chi connectivity index (χ1v) is 7.77. The lowest BCUT2D eigenvalue weighted by Crippen LogP contribution is -2.32. The fourth-order valence-electron chi connectivity index (χ4n) is 2.35. The molecule has 0 spiro atoms. The number of phosphoric acid groups is 1. The molecule has 114 valence electrons. The lowest BCUT2D eigenvalue weighted by molar-refractivity contribution is -0.0180. The summed E-state index contributed by atoms with van der Waals surface area (Å²) in [5, 5.41) is 9.27. The number of hydrogen-bond acceptors (Lipinski definition) is 6. The summed E-state index contributed by atoms with van der Waals surface area (Å²) < 4.78 is 31.6. The molecule has 5 atom stereocenters. The van der Waals surface area contributed by atoms with Gasteiger partial charge in [0.05, 0.1) is 12.7 Å². The second-order valence-electron chi connectivity index (χ2n) is 4.58. The van der Waals surface area contributed by atoms with Crippen molar-refractivity contribution in [1.29, 1.82) is 0 Å². The average molecular weight is 298 g/mol. The van der Waals surface area contributed by atoms with Gasteiger partial charge in [-0.25, -0.2) is 4.57 Å². The quantitative estimate of drug-likeness (QED) is 0.508. The molecule has 0 aromatic heterocycles. The van der Waals surface area contributed by atoms with Crippen LogP contribution in [0.2, 0.25) is 0 Å². The number of rotatable bonds is 8. The highest BCUT2D eigenvalue weighted by Gasteiger charge is 2.45. The number of methoxy groups -OCH3 is 1. The topological polar surface area (TPSA) is 94.5 Å². The summed E-state index contributed by atoms with van der Waals surface area (Å²) in [6.07, 6.45) is 0.0804. The first-order chi connectivity index (χ1) is 8.95. The van der Waals surface area contributed by atoms with Crippen LogP contribution in [0.4, 0.5) is 0 Å². The minimum absolute atomic E-state index is 0.0806. The number of phosphoric ester groups is 1. The zero-order valence-electron chi connectivity index (χ0n) is 11.5.